The van der Waals surface area contributed by atoms with Crippen LogP contribution in [0.25, 0.3) is 16.8 Å². The zero-order valence-corrected chi connectivity index (χ0v) is 16.9. The quantitative estimate of drug-likeness (QED) is 0.670. The zero-order chi connectivity index (χ0) is 18.6. The van der Waals surface area contributed by atoms with Crippen LogP contribution in [0.15, 0.2) is 53.5 Å². The van der Waals surface area contributed by atoms with E-state index in [1.165, 1.54) is 0 Å². The summed E-state index contributed by atoms with van der Waals surface area (Å²) in [6, 6.07) is 14.1. The fourth-order valence-corrected chi connectivity index (χ4v) is 3.57. The first-order chi connectivity index (χ1) is 13.3. The Morgan fingerprint density at radius 3 is 2.75 bits per heavy atom. The second kappa shape index (κ2) is 9.22. The molecule has 28 heavy (non-hydrogen) atoms. The molecule has 1 aromatic carbocycles. The molecule has 1 N–H and O–H groups in total. The first-order valence-electron chi connectivity index (χ1n) is 9.71. The van der Waals surface area contributed by atoms with Gasteiger partial charge in [-0.3, -0.25) is 9.20 Å². The molecule has 0 bridgehead atoms. The molecule has 0 radical (unpaired) electrons. The molecule has 0 saturated carbocycles. The van der Waals surface area contributed by atoms with Gasteiger partial charge in [-0.25, -0.2) is 4.98 Å². The predicted octanol–water partition coefficient (Wildman–Crippen LogP) is 4.33. The number of unbranched alkanes of at least 4 members (excludes halogenated alkanes) is 1. The minimum atomic E-state index is -0.00314. The van der Waals surface area contributed by atoms with Crippen LogP contribution in [-0.2, 0) is 11.2 Å². The van der Waals surface area contributed by atoms with Gasteiger partial charge < -0.3 is 10.1 Å². The van der Waals surface area contributed by atoms with Gasteiger partial charge in [0.2, 0.25) is 0 Å². The third-order valence-electron chi connectivity index (χ3n) is 5.05. The predicted molar refractivity (Wildman–Crippen MR) is 116 cm³/mol. The van der Waals surface area contributed by atoms with Gasteiger partial charge in [0.1, 0.15) is 5.65 Å². The van der Waals surface area contributed by atoms with E-state index in [-0.39, 0.29) is 18.0 Å². The minimum Gasteiger partial charge on any atom is -0.380 e. The molecular formula is C22H26ClN3O2. The number of fused-ring (bicyclic) bond motifs is 1. The van der Waals surface area contributed by atoms with E-state index >= 15 is 0 Å². The highest BCUT2D eigenvalue weighted by Crippen LogP contribution is 2.24. The molecule has 4 rings (SSSR count). The van der Waals surface area contributed by atoms with Crippen molar-refractivity contribution in [2.75, 3.05) is 18.5 Å². The van der Waals surface area contributed by atoms with E-state index < -0.39 is 0 Å². The van der Waals surface area contributed by atoms with Crippen LogP contribution in [-0.4, -0.2) is 28.6 Å². The Hall–Kier alpha value is -2.37. The minimum absolute atomic E-state index is 0. The molecule has 1 atom stereocenters. The van der Waals surface area contributed by atoms with Crippen LogP contribution < -0.4 is 10.9 Å². The number of pyridine rings is 1. The molecule has 1 aliphatic rings. The van der Waals surface area contributed by atoms with Crippen molar-refractivity contribution >= 4 is 23.7 Å². The Labute approximate surface area is 171 Å². The largest absolute Gasteiger partial charge is 0.380 e. The Kier molecular flexibility index (Phi) is 6.70. The number of halogens is 1. The lowest BCUT2D eigenvalue weighted by atomic mass is 10.0. The normalized spacial score (nSPS) is 16.1. The first-order valence-corrected chi connectivity index (χ1v) is 9.71. The van der Waals surface area contributed by atoms with Crippen molar-refractivity contribution in [3.05, 3.63) is 64.7 Å². The fraction of sp³-hybridized carbons (Fsp3) is 0.364. The molecule has 0 aliphatic carbocycles. The highest BCUT2D eigenvalue weighted by molar-refractivity contribution is 5.85. The molecule has 2 aromatic heterocycles. The van der Waals surface area contributed by atoms with Gasteiger partial charge in [-0.1, -0.05) is 31.5 Å². The van der Waals surface area contributed by atoms with E-state index in [1.807, 2.05) is 42.5 Å². The molecule has 3 aromatic rings. The average Bonchev–Trinajstić information content (AvgIpc) is 3.20. The summed E-state index contributed by atoms with van der Waals surface area (Å²) in [5, 5.41) is 3.49. The lowest BCUT2D eigenvalue weighted by Crippen LogP contribution is -2.20. The number of rotatable bonds is 6. The summed E-state index contributed by atoms with van der Waals surface area (Å²) >= 11 is 0. The molecule has 3 heterocycles. The Bertz CT molecular complexity index is 979. The Morgan fingerprint density at radius 2 is 2.04 bits per heavy atom. The SMILES string of the molecule is CCCCc1nc2ccccn2c(=O)c1-c1ccc(N[C@@H]2CCOC2)cc1.Cl. The topological polar surface area (TPSA) is 55.6 Å². The molecule has 0 unspecified atom stereocenters. The standard InChI is InChI=1S/C22H25N3O2.ClH/c1-2-3-6-19-21(22(26)25-13-5-4-7-20(25)24-19)16-8-10-17(11-9-16)23-18-12-14-27-15-18;/h4-5,7-11,13,18,23H,2-3,6,12,14-15H2,1H3;1H/t18-;/m1./s1. The van der Waals surface area contributed by atoms with Crippen molar-refractivity contribution in [1.29, 1.82) is 0 Å². The van der Waals surface area contributed by atoms with Gasteiger partial charge in [-0.15, -0.1) is 12.4 Å². The van der Waals surface area contributed by atoms with Crippen molar-refractivity contribution in [2.24, 2.45) is 0 Å². The summed E-state index contributed by atoms with van der Waals surface area (Å²) in [6.45, 7) is 3.72. The molecule has 148 valence electrons. The molecule has 5 nitrogen and oxygen atoms in total. The third-order valence-corrected chi connectivity index (χ3v) is 5.05. The van der Waals surface area contributed by atoms with Crippen LogP contribution in [0.1, 0.15) is 31.9 Å². The molecule has 0 amide bonds. The second-order valence-corrected chi connectivity index (χ2v) is 7.05. The highest BCUT2D eigenvalue weighted by atomic mass is 35.5. The molecular weight excluding hydrogens is 374 g/mol. The second-order valence-electron chi connectivity index (χ2n) is 7.05. The Morgan fingerprint density at radius 1 is 1.21 bits per heavy atom. The summed E-state index contributed by atoms with van der Waals surface area (Å²) in [5.41, 5.74) is 4.28. The Balaban J connectivity index is 0.00000225. The van der Waals surface area contributed by atoms with Gasteiger partial charge in [0, 0.05) is 18.5 Å². The van der Waals surface area contributed by atoms with Crippen molar-refractivity contribution in [3.63, 3.8) is 0 Å². The van der Waals surface area contributed by atoms with Crippen molar-refractivity contribution in [1.82, 2.24) is 9.38 Å². The van der Waals surface area contributed by atoms with E-state index in [2.05, 4.69) is 12.2 Å². The molecule has 1 fully saturated rings. The van der Waals surface area contributed by atoms with Crippen LogP contribution in [0.2, 0.25) is 0 Å². The summed E-state index contributed by atoms with van der Waals surface area (Å²) < 4.78 is 7.05. The molecule has 1 saturated heterocycles. The van der Waals surface area contributed by atoms with Crippen LogP contribution in [0.5, 0.6) is 0 Å². The number of nitrogens with zero attached hydrogens (tertiary/aromatic N) is 2. The summed E-state index contributed by atoms with van der Waals surface area (Å²) in [4.78, 5) is 18.0. The molecule has 6 heteroatoms. The van der Waals surface area contributed by atoms with Crippen LogP contribution >= 0.6 is 12.4 Å². The van der Waals surface area contributed by atoms with Crippen LogP contribution in [0.4, 0.5) is 5.69 Å². The number of benzene rings is 1. The number of hydrogen-bond donors (Lipinski definition) is 1. The van der Waals surface area contributed by atoms with Gasteiger partial charge in [-0.2, -0.15) is 0 Å². The van der Waals surface area contributed by atoms with E-state index in [9.17, 15) is 4.79 Å². The van der Waals surface area contributed by atoms with Crippen LogP contribution in [0, 0.1) is 0 Å². The lowest BCUT2D eigenvalue weighted by molar-refractivity contribution is 0.195. The van der Waals surface area contributed by atoms with Gasteiger partial charge in [-0.05, 0) is 49.1 Å². The van der Waals surface area contributed by atoms with Gasteiger partial charge in [0.15, 0.2) is 0 Å². The third kappa shape index (κ3) is 4.21. The smallest absolute Gasteiger partial charge is 0.265 e. The fourth-order valence-electron chi connectivity index (χ4n) is 3.57. The summed E-state index contributed by atoms with van der Waals surface area (Å²) in [7, 11) is 0. The summed E-state index contributed by atoms with van der Waals surface area (Å²) in [6.07, 6.45) is 5.71. The zero-order valence-electron chi connectivity index (χ0n) is 16.1. The number of aryl methyl sites for hydroxylation is 1. The maximum absolute atomic E-state index is 13.2. The molecule has 1 aliphatic heterocycles. The van der Waals surface area contributed by atoms with Gasteiger partial charge in [0.25, 0.3) is 5.56 Å². The van der Waals surface area contributed by atoms with Crippen molar-refractivity contribution in [2.45, 2.75) is 38.6 Å². The van der Waals surface area contributed by atoms with E-state index in [4.69, 9.17) is 9.72 Å². The molecule has 0 spiro atoms. The maximum atomic E-state index is 13.2. The van der Waals surface area contributed by atoms with Gasteiger partial charge >= 0.3 is 0 Å². The van der Waals surface area contributed by atoms with Crippen molar-refractivity contribution < 1.29 is 4.74 Å². The monoisotopic (exact) mass is 399 g/mol. The first kappa shape index (κ1) is 20.4. The lowest BCUT2D eigenvalue weighted by Gasteiger charge is -2.14. The number of aromatic nitrogens is 2. The number of anilines is 1. The van der Waals surface area contributed by atoms with E-state index in [1.54, 1.807) is 10.6 Å². The summed E-state index contributed by atoms with van der Waals surface area (Å²) in [5.74, 6) is 0. The maximum Gasteiger partial charge on any atom is 0.265 e. The van der Waals surface area contributed by atoms with Gasteiger partial charge in [0.05, 0.1) is 23.9 Å². The average molecular weight is 400 g/mol. The van der Waals surface area contributed by atoms with Crippen LogP contribution in [0.3, 0.4) is 0 Å². The van der Waals surface area contributed by atoms with E-state index in [0.29, 0.717) is 17.3 Å². The van der Waals surface area contributed by atoms with E-state index in [0.717, 1.165) is 55.8 Å². The highest BCUT2D eigenvalue weighted by Gasteiger charge is 2.17. The van der Waals surface area contributed by atoms with Crippen molar-refractivity contribution in [3.8, 4) is 11.1 Å². The number of nitrogens with one attached hydrogen (secondary N) is 1. The number of hydrogen-bond acceptors (Lipinski definition) is 4. The number of ether oxygens (including phenoxy) is 1.